The van der Waals surface area contributed by atoms with Gasteiger partial charge in [0, 0.05) is 36.6 Å². The number of benzene rings is 1. The fourth-order valence-corrected chi connectivity index (χ4v) is 2.27. The van der Waals surface area contributed by atoms with Crippen molar-refractivity contribution in [2.75, 3.05) is 17.2 Å². The monoisotopic (exact) mass is 375 g/mol. The van der Waals surface area contributed by atoms with Crippen molar-refractivity contribution in [3.8, 4) is 5.75 Å². The largest absolute Gasteiger partial charge is 0.573 e. The number of ether oxygens (including phenoxy) is 1. The minimum absolute atomic E-state index is 0.285. The van der Waals surface area contributed by atoms with Gasteiger partial charge < -0.3 is 15.4 Å². The number of rotatable bonds is 7. The number of nitrogens with zero attached hydrogens (tertiary/aromatic N) is 3. The molecule has 6 nitrogen and oxygen atoms in total. The lowest BCUT2D eigenvalue weighted by atomic mass is 10.3. The number of anilines is 3. The van der Waals surface area contributed by atoms with Crippen LogP contribution < -0.4 is 15.4 Å². The molecule has 0 aliphatic rings. The zero-order chi connectivity index (χ0) is 19.1. The molecule has 0 bridgehead atoms. The highest BCUT2D eigenvalue weighted by molar-refractivity contribution is 5.59. The topological polar surface area (TPSA) is 72.0 Å². The summed E-state index contributed by atoms with van der Waals surface area (Å²) in [6.07, 6.45) is -0.828. The Kier molecular flexibility index (Phi) is 5.70. The summed E-state index contributed by atoms with van der Waals surface area (Å²) in [5.74, 6) is 0.850. The first-order chi connectivity index (χ1) is 13.0. The Balaban J connectivity index is 1.55. The molecule has 0 amide bonds. The van der Waals surface area contributed by atoms with Crippen molar-refractivity contribution in [3.05, 3.63) is 66.7 Å². The zero-order valence-electron chi connectivity index (χ0n) is 14.1. The third-order valence-corrected chi connectivity index (χ3v) is 3.44. The first-order valence-corrected chi connectivity index (χ1v) is 8.07. The summed E-state index contributed by atoms with van der Waals surface area (Å²) in [5, 5.41) is 6.18. The van der Waals surface area contributed by atoms with Crippen molar-refractivity contribution in [3.63, 3.8) is 0 Å². The Morgan fingerprint density at radius 3 is 2.41 bits per heavy atom. The maximum Gasteiger partial charge on any atom is 0.573 e. The minimum atomic E-state index is -4.71. The second kappa shape index (κ2) is 8.35. The lowest BCUT2D eigenvalue weighted by Crippen LogP contribution is -2.16. The Morgan fingerprint density at radius 2 is 1.70 bits per heavy atom. The van der Waals surface area contributed by atoms with E-state index < -0.39 is 6.36 Å². The number of halogens is 3. The molecule has 140 valence electrons. The SMILES string of the molecule is FC(F)(F)Oc1ccc(Nc2cc(NCCc3ccccn3)ncn2)cc1. The van der Waals surface area contributed by atoms with Crippen molar-refractivity contribution in [1.29, 1.82) is 0 Å². The summed E-state index contributed by atoms with van der Waals surface area (Å²) in [6, 6.07) is 12.8. The molecule has 0 unspecified atom stereocenters. The molecule has 0 saturated carbocycles. The molecule has 0 fully saturated rings. The van der Waals surface area contributed by atoms with Crippen molar-refractivity contribution in [2.45, 2.75) is 12.8 Å². The smallest absolute Gasteiger partial charge is 0.406 e. The molecule has 0 spiro atoms. The van der Waals surface area contributed by atoms with Gasteiger partial charge in [-0.05, 0) is 36.4 Å². The molecule has 2 N–H and O–H groups in total. The van der Waals surface area contributed by atoms with Gasteiger partial charge in [-0.25, -0.2) is 9.97 Å². The molecule has 0 atom stereocenters. The molecule has 9 heteroatoms. The predicted molar refractivity (Wildman–Crippen MR) is 94.9 cm³/mol. The highest BCUT2D eigenvalue weighted by Gasteiger charge is 2.30. The molecule has 0 saturated heterocycles. The van der Waals surface area contributed by atoms with Gasteiger partial charge in [0.05, 0.1) is 0 Å². The molecule has 27 heavy (non-hydrogen) atoms. The van der Waals surface area contributed by atoms with Crippen LogP contribution in [0.3, 0.4) is 0 Å². The van der Waals surface area contributed by atoms with Gasteiger partial charge in [0.15, 0.2) is 0 Å². The maximum absolute atomic E-state index is 12.2. The third-order valence-electron chi connectivity index (χ3n) is 3.44. The van der Waals surface area contributed by atoms with Crippen molar-refractivity contribution in [1.82, 2.24) is 15.0 Å². The fraction of sp³-hybridized carbons (Fsp3) is 0.167. The second-order valence-electron chi connectivity index (χ2n) is 5.48. The number of pyridine rings is 1. The highest BCUT2D eigenvalue weighted by atomic mass is 19.4. The van der Waals surface area contributed by atoms with Crippen LogP contribution in [0.25, 0.3) is 0 Å². The first kappa shape index (κ1) is 18.4. The van der Waals surface area contributed by atoms with Crippen molar-refractivity contribution in [2.24, 2.45) is 0 Å². The highest BCUT2D eigenvalue weighted by Crippen LogP contribution is 2.25. The van der Waals surface area contributed by atoms with Crippen LogP contribution >= 0.6 is 0 Å². The van der Waals surface area contributed by atoms with Gasteiger partial charge >= 0.3 is 6.36 Å². The normalized spacial score (nSPS) is 11.1. The maximum atomic E-state index is 12.2. The molecule has 0 aliphatic carbocycles. The van der Waals surface area contributed by atoms with Gasteiger partial charge in [-0.2, -0.15) is 0 Å². The number of alkyl halides is 3. The summed E-state index contributed by atoms with van der Waals surface area (Å²) in [7, 11) is 0. The molecule has 0 radical (unpaired) electrons. The summed E-state index contributed by atoms with van der Waals surface area (Å²) in [6.45, 7) is 0.650. The second-order valence-corrected chi connectivity index (χ2v) is 5.48. The fourth-order valence-electron chi connectivity index (χ4n) is 2.27. The third kappa shape index (κ3) is 6.14. The molecule has 1 aromatic carbocycles. The van der Waals surface area contributed by atoms with E-state index in [0.29, 0.717) is 23.9 Å². The van der Waals surface area contributed by atoms with Crippen LogP contribution in [0.2, 0.25) is 0 Å². The average molecular weight is 375 g/mol. The van der Waals surface area contributed by atoms with Gasteiger partial charge in [-0.15, -0.1) is 13.2 Å². The quantitative estimate of drug-likeness (QED) is 0.646. The molecule has 3 rings (SSSR count). The van der Waals surface area contributed by atoms with Crippen molar-refractivity contribution < 1.29 is 17.9 Å². The van der Waals surface area contributed by atoms with E-state index in [9.17, 15) is 13.2 Å². The van der Waals surface area contributed by atoms with Crippen LogP contribution in [0.5, 0.6) is 5.75 Å². The van der Waals surface area contributed by atoms with Crippen LogP contribution in [0.4, 0.5) is 30.5 Å². The van der Waals surface area contributed by atoms with E-state index in [0.717, 1.165) is 12.1 Å². The molecular weight excluding hydrogens is 359 g/mol. The standard InChI is InChI=1S/C18H16F3N5O/c19-18(20,21)27-15-6-4-14(5-7-15)26-17-11-16(24-12-25-17)23-10-8-13-3-1-2-9-22-13/h1-7,9,11-12H,8,10H2,(H2,23,24,25,26). The van der Waals surface area contributed by atoms with E-state index in [1.807, 2.05) is 18.2 Å². The minimum Gasteiger partial charge on any atom is -0.406 e. The molecular formula is C18H16F3N5O. The number of aromatic nitrogens is 3. The van der Waals surface area contributed by atoms with Gasteiger partial charge in [-0.1, -0.05) is 6.07 Å². The van der Waals surface area contributed by atoms with Gasteiger partial charge in [-0.3, -0.25) is 4.98 Å². The van der Waals surface area contributed by atoms with E-state index in [1.54, 1.807) is 12.3 Å². The predicted octanol–water partition coefficient (Wildman–Crippen LogP) is 4.17. The van der Waals surface area contributed by atoms with Crippen LogP contribution in [0.15, 0.2) is 61.1 Å². The van der Waals surface area contributed by atoms with E-state index in [2.05, 4.69) is 30.3 Å². The molecule has 2 heterocycles. The summed E-state index contributed by atoms with van der Waals surface area (Å²) in [5.41, 5.74) is 1.54. The molecule has 2 aromatic heterocycles. The number of nitrogens with one attached hydrogen (secondary N) is 2. The van der Waals surface area contributed by atoms with Crippen LogP contribution in [-0.2, 0) is 6.42 Å². The Labute approximate surface area is 153 Å². The van der Waals surface area contributed by atoms with Crippen LogP contribution in [0, 0.1) is 0 Å². The molecule has 0 aliphatic heterocycles. The lowest BCUT2D eigenvalue weighted by Gasteiger charge is -2.11. The zero-order valence-corrected chi connectivity index (χ0v) is 14.1. The van der Waals surface area contributed by atoms with E-state index in [-0.39, 0.29) is 5.75 Å². The lowest BCUT2D eigenvalue weighted by molar-refractivity contribution is -0.274. The molecule has 3 aromatic rings. The average Bonchev–Trinajstić information content (AvgIpc) is 2.63. The van der Waals surface area contributed by atoms with Gasteiger partial charge in [0.1, 0.15) is 23.7 Å². The summed E-state index contributed by atoms with van der Waals surface area (Å²) >= 11 is 0. The number of hydrogen-bond donors (Lipinski definition) is 2. The van der Waals surface area contributed by atoms with E-state index >= 15 is 0 Å². The first-order valence-electron chi connectivity index (χ1n) is 8.07. The van der Waals surface area contributed by atoms with E-state index in [1.165, 1.54) is 30.6 Å². The van der Waals surface area contributed by atoms with Gasteiger partial charge in [0.2, 0.25) is 0 Å². The Bertz CT molecular complexity index is 857. The summed E-state index contributed by atoms with van der Waals surface area (Å²) < 4.78 is 40.4. The Morgan fingerprint density at radius 1 is 0.926 bits per heavy atom. The van der Waals surface area contributed by atoms with Crippen LogP contribution in [-0.4, -0.2) is 27.9 Å². The Hall–Kier alpha value is -3.36. The van der Waals surface area contributed by atoms with Crippen molar-refractivity contribution >= 4 is 17.3 Å². The van der Waals surface area contributed by atoms with Gasteiger partial charge in [0.25, 0.3) is 0 Å². The summed E-state index contributed by atoms with van der Waals surface area (Å²) in [4.78, 5) is 12.5. The number of hydrogen-bond acceptors (Lipinski definition) is 6. The van der Waals surface area contributed by atoms with Crippen LogP contribution in [0.1, 0.15) is 5.69 Å². The van der Waals surface area contributed by atoms with E-state index in [4.69, 9.17) is 0 Å².